The number of hydrogen-bond acceptors (Lipinski definition) is 4. The molecule has 0 aliphatic heterocycles. The standard InChI is InChI=1S/C7H13NO3S/c1-11-7(10)3-5-12-4-2-6(8)9/h2-5H2,1H3,(H2,8,9). The fourth-order valence-corrected chi connectivity index (χ4v) is 1.39. The molecule has 0 unspecified atom stereocenters. The zero-order valence-electron chi connectivity index (χ0n) is 7.04. The van der Waals surface area contributed by atoms with Crippen molar-refractivity contribution in [2.75, 3.05) is 18.6 Å². The van der Waals surface area contributed by atoms with Crippen molar-refractivity contribution >= 4 is 23.6 Å². The van der Waals surface area contributed by atoms with Gasteiger partial charge in [0.1, 0.15) is 0 Å². The molecule has 0 aliphatic carbocycles. The van der Waals surface area contributed by atoms with E-state index in [1.54, 1.807) is 0 Å². The summed E-state index contributed by atoms with van der Waals surface area (Å²) < 4.78 is 4.43. The van der Waals surface area contributed by atoms with Gasteiger partial charge in [-0.25, -0.2) is 0 Å². The molecule has 0 fully saturated rings. The van der Waals surface area contributed by atoms with Crippen molar-refractivity contribution in [3.05, 3.63) is 0 Å². The topological polar surface area (TPSA) is 69.4 Å². The molecular weight excluding hydrogens is 178 g/mol. The zero-order chi connectivity index (χ0) is 9.40. The second-order valence-corrected chi connectivity index (χ2v) is 3.38. The lowest BCUT2D eigenvalue weighted by Gasteiger charge is -1.98. The van der Waals surface area contributed by atoms with E-state index in [-0.39, 0.29) is 11.9 Å². The van der Waals surface area contributed by atoms with Crippen molar-refractivity contribution < 1.29 is 14.3 Å². The van der Waals surface area contributed by atoms with Crippen LogP contribution in [-0.2, 0) is 14.3 Å². The number of ether oxygens (including phenoxy) is 1. The molecule has 0 heterocycles. The van der Waals surface area contributed by atoms with E-state index in [1.807, 2.05) is 0 Å². The van der Waals surface area contributed by atoms with E-state index in [1.165, 1.54) is 18.9 Å². The Hall–Kier alpha value is -0.710. The van der Waals surface area contributed by atoms with Crippen LogP contribution in [-0.4, -0.2) is 30.5 Å². The highest BCUT2D eigenvalue weighted by Gasteiger charge is 2.00. The SMILES string of the molecule is COC(=O)CCSCCC(N)=O. The Kier molecular flexibility index (Phi) is 6.55. The number of rotatable bonds is 6. The van der Waals surface area contributed by atoms with E-state index in [0.29, 0.717) is 24.3 Å². The van der Waals surface area contributed by atoms with E-state index in [4.69, 9.17) is 5.73 Å². The molecule has 0 aromatic carbocycles. The van der Waals surface area contributed by atoms with Gasteiger partial charge in [-0.1, -0.05) is 0 Å². The summed E-state index contributed by atoms with van der Waals surface area (Å²) in [5.41, 5.74) is 4.92. The van der Waals surface area contributed by atoms with Crippen LogP contribution in [0, 0.1) is 0 Å². The summed E-state index contributed by atoms with van der Waals surface area (Å²) in [7, 11) is 1.36. The monoisotopic (exact) mass is 191 g/mol. The number of nitrogens with two attached hydrogens (primary N) is 1. The fourth-order valence-electron chi connectivity index (χ4n) is 0.532. The predicted molar refractivity (Wildman–Crippen MR) is 47.8 cm³/mol. The molecule has 0 aromatic rings. The molecule has 0 radical (unpaired) electrons. The van der Waals surface area contributed by atoms with Crippen molar-refractivity contribution in [3.8, 4) is 0 Å². The number of esters is 1. The Balaban J connectivity index is 3.11. The van der Waals surface area contributed by atoms with Gasteiger partial charge in [0.2, 0.25) is 5.91 Å². The second-order valence-electron chi connectivity index (χ2n) is 2.15. The van der Waals surface area contributed by atoms with Gasteiger partial charge in [-0.3, -0.25) is 9.59 Å². The first kappa shape index (κ1) is 11.3. The van der Waals surface area contributed by atoms with Gasteiger partial charge in [0.15, 0.2) is 0 Å². The summed E-state index contributed by atoms with van der Waals surface area (Å²) in [6, 6.07) is 0. The molecule has 0 aliphatic rings. The average molecular weight is 191 g/mol. The Morgan fingerprint density at radius 1 is 1.33 bits per heavy atom. The van der Waals surface area contributed by atoms with Gasteiger partial charge in [-0.2, -0.15) is 11.8 Å². The van der Waals surface area contributed by atoms with Crippen molar-refractivity contribution in [2.24, 2.45) is 5.73 Å². The molecule has 0 bridgehead atoms. The molecule has 0 atom stereocenters. The van der Waals surface area contributed by atoms with E-state index in [0.717, 1.165) is 0 Å². The minimum atomic E-state index is -0.305. The van der Waals surface area contributed by atoms with Crippen LogP contribution in [0.3, 0.4) is 0 Å². The molecule has 12 heavy (non-hydrogen) atoms. The van der Waals surface area contributed by atoms with Crippen molar-refractivity contribution in [1.29, 1.82) is 0 Å². The number of hydrogen-bond donors (Lipinski definition) is 1. The molecule has 70 valence electrons. The van der Waals surface area contributed by atoms with E-state index in [9.17, 15) is 9.59 Å². The number of amides is 1. The van der Waals surface area contributed by atoms with Gasteiger partial charge < -0.3 is 10.5 Å². The van der Waals surface area contributed by atoms with Gasteiger partial charge >= 0.3 is 5.97 Å². The number of carbonyl (C=O) groups is 2. The molecule has 0 aromatic heterocycles. The van der Waals surface area contributed by atoms with Crippen LogP contribution >= 0.6 is 11.8 Å². The summed E-state index contributed by atoms with van der Waals surface area (Å²) in [4.78, 5) is 20.9. The molecule has 0 rings (SSSR count). The first-order valence-corrected chi connectivity index (χ1v) is 4.75. The van der Waals surface area contributed by atoms with Crippen molar-refractivity contribution in [2.45, 2.75) is 12.8 Å². The molecule has 1 amide bonds. The Morgan fingerprint density at radius 2 is 1.92 bits per heavy atom. The van der Waals surface area contributed by atoms with Crippen molar-refractivity contribution in [3.63, 3.8) is 0 Å². The molecule has 2 N–H and O–H groups in total. The van der Waals surface area contributed by atoms with E-state index < -0.39 is 0 Å². The minimum absolute atomic E-state index is 0.221. The smallest absolute Gasteiger partial charge is 0.306 e. The van der Waals surface area contributed by atoms with Crippen LogP contribution in [0.25, 0.3) is 0 Å². The van der Waals surface area contributed by atoms with Crippen LogP contribution in [0.5, 0.6) is 0 Å². The Bertz CT molecular complexity index is 161. The first-order valence-electron chi connectivity index (χ1n) is 3.59. The molecule has 4 nitrogen and oxygen atoms in total. The van der Waals surface area contributed by atoms with Gasteiger partial charge in [0.05, 0.1) is 13.5 Å². The summed E-state index contributed by atoms with van der Waals surface area (Å²) in [5.74, 6) is 0.828. The van der Waals surface area contributed by atoms with Gasteiger partial charge in [-0.05, 0) is 0 Å². The zero-order valence-corrected chi connectivity index (χ0v) is 7.86. The fraction of sp³-hybridized carbons (Fsp3) is 0.714. The summed E-state index contributed by atoms with van der Waals surface area (Å²) >= 11 is 1.52. The van der Waals surface area contributed by atoms with Gasteiger partial charge in [0.25, 0.3) is 0 Å². The third-order valence-electron chi connectivity index (χ3n) is 1.17. The molecule has 0 saturated heterocycles. The van der Waals surface area contributed by atoms with Gasteiger partial charge in [0, 0.05) is 17.9 Å². The maximum absolute atomic E-state index is 10.6. The minimum Gasteiger partial charge on any atom is -0.469 e. The molecule has 0 saturated carbocycles. The quantitative estimate of drug-likeness (QED) is 0.479. The lowest BCUT2D eigenvalue weighted by molar-refractivity contribution is -0.140. The third kappa shape index (κ3) is 7.40. The number of carbonyl (C=O) groups excluding carboxylic acids is 2. The van der Waals surface area contributed by atoms with E-state index >= 15 is 0 Å². The number of methoxy groups -OCH3 is 1. The van der Waals surface area contributed by atoms with Crippen LogP contribution in [0.2, 0.25) is 0 Å². The maximum Gasteiger partial charge on any atom is 0.306 e. The Labute approximate surface area is 75.8 Å². The lowest BCUT2D eigenvalue weighted by Crippen LogP contribution is -2.11. The normalized spacial score (nSPS) is 9.42. The first-order chi connectivity index (χ1) is 5.66. The van der Waals surface area contributed by atoms with Crippen LogP contribution < -0.4 is 5.73 Å². The summed E-state index contributed by atoms with van der Waals surface area (Å²) in [6.07, 6.45) is 0.756. The average Bonchev–Trinajstić information content (AvgIpc) is 2.03. The highest BCUT2D eigenvalue weighted by atomic mass is 32.2. The van der Waals surface area contributed by atoms with Crippen LogP contribution in [0.4, 0.5) is 0 Å². The summed E-state index contributed by atoms with van der Waals surface area (Å²) in [6.45, 7) is 0. The third-order valence-corrected chi connectivity index (χ3v) is 2.16. The van der Waals surface area contributed by atoms with Crippen molar-refractivity contribution in [1.82, 2.24) is 0 Å². The largest absolute Gasteiger partial charge is 0.469 e. The maximum atomic E-state index is 10.6. The van der Waals surface area contributed by atoms with E-state index in [2.05, 4.69) is 4.74 Å². The lowest BCUT2D eigenvalue weighted by atomic mass is 10.5. The summed E-state index contributed by atoms with van der Waals surface area (Å²) in [5, 5.41) is 0. The highest BCUT2D eigenvalue weighted by Crippen LogP contribution is 2.04. The predicted octanol–water partition coefficient (Wildman–Crippen LogP) is 0.158. The molecule has 0 spiro atoms. The molecule has 5 heteroatoms. The van der Waals surface area contributed by atoms with Crippen LogP contribution in [0.1, 0.15) is 12.8 Å². The highest BCUT2D eigenvalue weighted by molar-refractivity contribution is 7.99. The molecular formula is C7H13NO3S. The Morgan fingerprint density at radius 3 is 2.42 bits per heavy atom. The number of thioether (sulfide) groups is 1. The van der Waals surface area contributed by atoms with Crippen LogP contribution in [0.15, 0.2) is 0 Å². The van der Waals surface area contributed by atoms with Gasteiger partial charge in [-0.15, -0.1) is 0 Å². The number of primary amides is 1. The second kappa shape index (κ2) is 6.97.